The Balaban J connectivity index is 2.13. The fourth-order valence-corrected chi connectivity index (χ4v) is 4.18. The summed E-state index contributed by atoms with van der Waals surface area (Å²) < 4.78 is 17.7. The van der Waals surface area contributed by atoms with Gasteiger partial charge in [-0.15, -0.1) is 0 Å². The Morgan fingerprint density at radius 1 is 1.22 bits per heavy atom. The van der Waals surface area contributed by atoms with Gasteiger partial charge in [-0.25, -0.2) is 4.57 Å². The Kier molecular flexibility index (Phi) is 4.14. The molecule has 1 aromatic carbocycles. The van der Waals surface area contributed by atoms with E-state index in [9.17, 15) is 9.46 Å². The van der Waals surface area contributed by atoms with Crippen molar-refractivity contribution in [2.24, 2.45) is 0 Å². The lowest BCUT2D eigenvalue weighted by Gasteiger charge is -2.26. The molecule has 1 unspecified atom stereocenters. The first-order chi connectivity index (χ1) is 8.49. The van der Waals surface area contributed by atoms with Crippen LogP contribution in [0.4, 0.5) is 0 Å². The second-order valence-corrected chi connectivity index (χ2v) is 7.26. The van der Waals surface area contributed by atoms with Crippen LogP contribution in [-0.2, 0) is 4.57 Å². The summed E-state index contributed by atoms with van der Waals surface area (Å²) in [4.78, 5) is 10.1. The Labute approximate surface area is 109 Å². The Morgan fingerprint density at radius 3 is 2.50 bits per heavy atom. The van der Waals surface area contributed by atoms with Crippen molar-refractivity contribution in [2.45, 2.75) is 51.6 Å². The summed E-state index contributed by atoms with van der Waals surface area (Å²) in [6, 6.07) is 5.66. The van der Waals surface area contributed by atoms with Crippen LogP contribution in [0.5, 0.6) is 5.75 Å². The second kappa shape index (κ2) is 5.46. The molecular formula is C14H21O3P. The van der Waals surface area contributed by atoms with Crippen LogP contribution in [0.15, 0.2) is 18.2 Å². The van der Waals surface area contributed by atoms with Crippen LogP contribution in [0.3, 0.4) is 0 Å². The highest BCUT2D eigenvalue weighted by Crippen LogP contribution is 2.53. The highest BCUT2D eigenvalue weighted by atomic mass is 31.2. The lowest BCUT2D eigenvalue weighted by Crippen LogP contribution is -2.16. The molecule has 0 saturated heterocycles. The fourth-order valence-electron chi connectivity index (χ4n) is 2.52. The quantitative estimate of drug-likeness (QED) is 0.836. The van der Waals surface area contributed by atoms with Crippen molar-refractivity contribution < 1.29 is 14.0 Å². The molecule has 18 heavy (non-hydrogen) atoms. The number of rotatable bonds is 3. The van der Waals surface area contributed by atoms with Gasteiger partial charge >= 0.3 is 7.60 Å². The lowest BCUT2D eigenvalue weighted by molar-refractivity contribution is 0.342. The molecular weight excluding hydrogens is 247 g/mol. The van der Waals surface area contributed by atoms with E-state index in [1.807, 2.05) is 26.0 Å². The average molecular weight is 268 g/mol. The molecule has 3 nitrogen and oxygen atoms in total. The molecule has 100 valence electrons. The van der Waals surface area contributed by atoms with Gasteiger partial charge in [0.05, 0.1) is 5.66 Å². The first-order valence-corrected chi connectivity index (χ1v) is 8.23. The minimum absolute atomic E-state index is 0.188. The summed E-state index contributed by atoms with van der Waals surface area (Å²) in [7, 11) is -3.53. The Bertz CT molecular complexity index is 464. The largest absolute Gasteiger partial charge is 0.424 e. The summed E-state index contributed by atoms with van der Waals surface area (Å²) in [5.74, 6) is 0.539. The molecule has 0 aromatic heterocycles. The van der Waals surface area contributed by atoms with E-state index in [0.717, 1.165) is 36.8 Å². The summed E-state index contributed by atoms with van der Waals surface area (Å²) in [6.45, 7) is 3.90. The number of hydrogen-bond donors (Lipinski definition) is 1. The molecule has 0 amide bonds. The van der Waals surface area contributed by atoms with Gasteiger partial charge in [-0.3, -0.25) is 0 Å². The number of benzene rings is 1. The molecule has 1 N–H and O–H groups in total. The van der Waals surface area contributed by atoms with Crippen molar-refractivity contribution in [1.82, 2.24) is 0 Å². The summed E-state index contributed by atoms with van der Waals surface area (Å²) in [5, 5.41) is 0. The SMILES string of the molecule is Cc1ccc(OP(=O)(O)C2CCCCC2)c(C)c1. The van der Waals surface area contributed by atoms with Crippen molar-refractivity contribution in [3.8, 4) is 5.75 Å². The van der Waals surface area contributed by atoms with E-state index in [2.05, 4.69) is 0 Å². The van der Waals surface area contributed by atoms with Gasteiger partial charge in [0.25, 0.3) is 0 Å². The molecule has 1 aromatic rings. The maximum absolute atomic E-state index is 12.3. The van der Waals surface area contributed by atoms with Crippen LogP contribution in [0, 0.1) is 13.8 Å². The molecule has 0 radical (unpaired) electrons. The average Bonchev–Trinajstić information content (AvgIpc) is 2.34. The highest BCUT2D eigenvalue weighted by Gasteiger charge is 2.34. The van der Waals surface area contributed by atoms with Crippen LogP contribution < -0.4 is 4.52 Å². The van der Waals surface area contributed by atoms with Gasteiger partial charge in [-0.1, -0.05) is 37.0 Å². The minimum atomic E-state index is -3.53. The predicted octanol–water partition coefficient (Wildman–Crippen LogP) is 4.20. The Morgan fingerprint density at radius 2 is 1.89 bits per heavy atom. The smallest absolute Gasteiger partial charge is 0.379 e. The van der Waals surface area contributed by atoms with Gasteiger partial charge in [0.2, 0.25) is 0 Å². The maximum Gasteiger partial charge on any atom is 0.379 e. The molecule has 2 rings (SSSR count). The number of aryl methyl sites for hydroxylation is 2. The van der Waals surface area contributed by atoms with E-state index in [-0.39, 0.29) is 5.66 Å². The van der Waals surface area contributed by atoms with Crippen LogP contribution in [0.1, 0.15) is 43.2 Å². The van der Waals surface area contributed by atoms with Crippen LogP contribution >= 0.6 is 7.60 Å². The second-order valence-electron chi connectivity index (χ2n) is 5.22. The molecule has 1 atom stereocenters. The Hall–Kier alpha value is -0.790. The van der Waals surface area contributed by atoms with Gasteiger partial charge < -0.3 is 9.42 Å². The van der Waals surface area contributed by atoms with E-state index in [4.69, 9.17) is 4.52 Å². The number of hydrogen-bond acceptors (Lipinski definition) is 2. The monoisotopic (exact) mass is 268 g/mol. The normalized spacial score (nSPS) is 20.4. The van der Waals surface area contributed by atoms with Crippen LogP contribution in [-0.4, -0.2) is 10.6 Å². The van der Waals surface area contributed by atoms with E-state index in [0.29, 0.717) is 5.75 Å². The van der Waals surface area contributed by atoms with E-state index < -0.39 is 7.60 Å². The zero-order valence-corrected chi connectivity index (χ0v) is 12.0. The third kappa shape index (κ3) is 3.15. The standard InChI is InChI=1S/C14H21O3P/c1-11-8-9-14(12(2)10-11)17-18(15,16)13-6-4-3-5-7-13/h8-10,13H,3-7H2,1-2H3,(H,15,16). The van der Waals surface area contributed by atoms with Gasteiger partial charge in [-0.05, 0) is 38.3 Å². The molecule has 4 heteroatoms. The third-order valence-electron chi connectivity index (χ3n) is 3.60. The zero-order chi connectivity index (χ0) is 13.2. The van der Waals surface area contributed by atoms with E-state index in [1.54, 1.807) is 6.07 Å². The summed E-state index contributed by atoms with van der Waals surface area (Å²) in [5.41, 5.74) is 1.86. The van der Waals surface area contributed by atoms with Crippen LogP contribution in [0.25, 0.3) is 0 Å². The van der Waals surface area contributed by atoms with Crippen molar-refractivity contribution in [3.63, 3.8) is 0 Å². The summed E-state index contributed by atoms with van der Waals surface area (Å²) >= 11 is 0. The lowest BCUT2D eigenvalue weighted by atomic mass is 10.0. The van der Waals surface area contributed by atoms with Gasteiger partial charge in [0.1, 0.15) is 5.75 Å². The first-order valence-electron chi connectivity index (χ1n) is 6.58. The molecule has 1 aliphatic rings. The van der Waals surface area contributed by atoms with Crippen molar-refractivity contribution in [3.05, 3.63) is 29.3 Å². The van der Waals surface area contributed by atoms with Crippen molar-refractivity contribution in [2.75, 3.05) is 0 Å². The zero-order valence-electron chi connectivity index (χ0n) is 11.1. The first kappa shape index (κ1) is 13.6. The summed E-state index contributed by atoms with van der Waals surface area (Å²) in [6.07, 6.45) is 4.84. The van der Waals surface area contributed by atoms with Gasteiger partial charge in [-0.2, -0.15) is 0 Å². The molecule has 0 aliphatic heterocycles. The fraction of sp³-hybridized carbons (Fsp3) is 0.571. The maximum atomic E-state index is 12.3. The third-order valence-corrected chi connectivity index (χ3v) is 5.49. The topological polar surface area (TPSA) is 46.5 Å². The molecule has 0 heterocycles. The highest BCUT2D eigenvalue weighted by molar-refractivity contribution is 7.54. The van der Waals surface area contributed by atoms with E-state index >= 15 is 0 Å². The van der Waals surface area contributed by atoms with Gasteiger partial charge in [0.15, 0.2) is 0 Å². The van der Waals surface area contributed by atoms with E-state index in [1.165, 1.54) is 6.42 Å². The molecule has 1 aliphatic carbocycles. The molecule has 0 bridgehead atoms. The molecule has 1 saturated carbocycles. The minimum Gasteiger partial charge on any atom is -0.424 e. The van der Waals surface area contributed by atoms with Crippen molar-refractivity contribution >= 4 is 7.60 Å². The van der Waals surface area contributed by atoms with Crippen LogP contribution in [0.2, 0.25) is 0 Å². The van der Waals surface area contributed by atoms with Gasteiger partial charge in [0, 0.05) is 0 Å². The predicted molar refractivity (Wildman–Crippen MR) is 73.2 cm³/mol. The molecule has 1 fully saturated rings. The van der Waals surface area contributed by atoms with Crippen molar-refractivity contribution in [1.29, 1.82) is 0 Å². The molecule has 0 spiro atoms.